The number of hydrogen-bond acceptors (Lipinski definition) is 7. The van der Waals surface area contributed by atoms with E-state index in [1.165, 1.54) is 17.3 Å². The molecule has 1 N–H and O–H groups in total. The molecule has 0 saturated carbocycles. The number of fused-ring (bicyclic) bond motifs is 2. The average molecular weight is 504 g/mol. The fourth-order valence-corrected chi connectivity index (χ4v) is 6.39. The van der Waals surface area contributed by atoms with Crippen LogP contribution in [0.4, 0.5) is 17.2 Å². The van der Waals surface area contributed by atoms with Gasteiger partial charge >= 0.3 is 0 Å². The Kier molecular flexibility index (Phi) is 6.78. The molecule has 5 heterocycles. The molecule has 8 nitrogen and oxygen atoms in total. The van der Waals surface area contributed by atoms with Gasteiger partial charge in [-0.3, -0.25) is 9.69 Å². The van der Waals surface area contributed by atoms with Crippen LogP contribution in [0.3, 0.4) is 0 Å². The molecule has 1 unspecified atom stereocenters. The summed E-state index contributed by atoms with van der Waals surface area (Å²) in [6.45, 7) is 13.4. The SMILES string of the molecule is C=CC(=O)N1CCC(N2CCC(c3cc(C)c4c(c3)Nc3nccc(N5CCOCC5)c3CO4)CC2)C1. The van der Waals surface area contributed by atoms with Crippen LogP contribution in [0, 0.1) is 6.92 Å². The number of benzene rings is 1. The number of pyridine rings is 1. The van der Waals surface area contributed by atoms with Gasteiger partial charge in [-0.05, 0) is 74.5 Å². The number of morpholine rings is 1. The second kappa shape index (κ2) is 10.3. The topological polar surface area (TPSA) is 70.2 Å². The van der Waals surface area contributed by atoms with Gasteiger partial charge in [0.2, 0.25) is 5.91 Å². The van der Waals surface area contributed by atoms with Gasteiger partial charge in [0.25, 0.3) is 0 Å². The molecule has 0 radical (unpaired) electrons. The minimum Gasteiger partial charge on any atom is -0.486 e. The number of hydrogen-bond donors (Lipinski definition) is 1. The normalized spacial score (nSPS) is 22.5. The smallest absolute Gasteiger partial charge is 0.246 e. The Bertz CT molecular complexity index is 1170. The van der Waals surface area contributed by atoms with Crippen LogP contribution in [0.25, 0.3) is 0 Å². The highest BCUT2D eigenvalue weighted by molar-refractivity contribution is 5.87. The van der Waals surface area contributed by atoms with Crippen molar-refractivity contribution in [3.63, 3.8) is 0 Å². The van der Waals surface area contributed by atoms with Crippen molar-refractivity contribution in [1.29, 1.82) is 0 Å². The van der Waals surface area contributed by atoms with Gasteiger partial charge in [0.15, 0.2) is 0 Å². The van der Waals surface area contributed by atoms with Crippen LogP contribution >= 0.6 is 0 Å². The van der Waals surface area contributed by atoms with Crippen molar-refractivity contribution in [2.75, 3.05) is 62.7 Å². The van der Waals surface area contributed by atoms with Crippen LogP contribution in [-0.2, 0) is 16.1 Å². The largest absolute Gasteiger partial charge is 0.486 e. The number of aromatic nitrogens is 1. The van der Waals surface area contributed by atoms with Crippen molar-refractivity contribution in [3.8, 4) is 5.75 Å². The Hall–Kier alpha value is -3.10. The van der Waals surface area contributed by atoms with Crippen molar-refractivity contribution < 1.29 is 14.3 Å². The molecule has 6 rings (SSSR count). The molecular weight excluding hydrogens is 466 g/mol. The molecule has 8 heteroatoms. The molecule has 3 fully saturated rings. The first kappa shape index (κ1) is 24.2. The Morgan fingerprint density at radius 3 is 2.73 bits per heavy atom. The molecule has 3 saturated heterocycles. The van der Waals surface area contributed by atoms with Crippen molar-refractivity contribution in [2.45, 2.75) is 44.8 Å². The maximum absolute atomic E-state index is 12.0. The first-order valence-corrected chi connectivity index (χ1v) is 13.6. The van der Waals surface area contributed by atoms with Gasteiger partial charge in [-0.2, -0.15) is 0 Å². The maximum atomic E-state index is 12.0. The standard InChI is InChI=1S/C29H37N5O3/c1-3-27(35)34-11-7-23(18-34)32-9-5-21(6-10-32)22-16-20(2)28-25(17-22)31-29-24(19-37-28)26(4-8-30-29)33-12-14-36-15-13-33/h3-4,8,16-17,21,23H,1,5-7,9-15,18-19H2,2H3,(H,30,31). The number of carbonyl (C=O) groups excluding carboxylic acids is 1. The van der Waals surface area contributed by atoms with E-state index in [-0.39, 0.29) is 5.91 Å². The van der Waals surface area contributed by atoms with E-state index in [1.807, 2.05) is 11.1 Å². The number of aryl methyl sites for hydroxylation is 1. The van der Waals surface area contributed by atoms with Gasteiger partial charge in [0.05, 0.1) is 24.5 Å². The molecule has 0 bridgehead atoms. The minimum atomic E-state index is 0.0562. The number of carbonyl (C=O) groups is 1. The Morgan fingerprint density at radius 1 is 1.14 bits per heavy atom. The Morgan fingerprint density at radius 2 is 1.95 bits per heavy atom. The quantitative estimate of drug-likeness (QED) is 0.636. The number of amides is 1. The van der Waals surface area contributed by atoms with Crippen molar-refractivity contribution in [1.82, 2.24) is 14.8 Å². The maximum Gasteiger partial charge on any atom is 0.246 e. The lowest BCUT2D eigenvalue weighted by Gasteiger charge is -2.36. The summed E-state index contributed by atoms with van der Waals surface area (Å²) in [6, 6.07) is 7.15. The van der Waals surface area contributed by atoms with Crippen molar-refractivity contribution >= 4 is 23.1 Å². The highest BCUT2D eigenvalue weighted by Gasteiger charge is 2.33. The summed E-state index contributed by atoms with van der Waals surface area (Å²) >= 11 is 0. The van der Waals surface area contributed by atoms with Gasteiger partial charge in [0.1, 0.15) is 18.2 Å². The Labute approximate surface area is 219 Å². The zero-order valence-electron chi connectivity index (χ0n) is 21.7. The van der Waals surface area contributed by atoms with Crippen LogP contribution in [0.15, 0.2) is 37.1 Å². The van der Waals surface area contributed by atoms with Crippen LogP contribution in [0.2, 0.25) is 0 Å². The summed E-state index contributed by atoms with van der Waals surface area (Å²) in [5.74, 6) is 2.38. The third-order valence-corrected chi connectivity index (χ3v) is 8.46. The molecular formula is C29H37N5O3. The summed E-state index contributed by atoms with van der Waals surface area (Å²) in [6.07, 6.45) is 6.63. The summed E-state index contributed by atoms with van der Waals surface area (Å²) in [7, 11) is 0. The predicted octanol–water partition coefficient (Wildman–Crippen LogP) is 3.83. The van der Waals surface area contributed by atoms with E-state index in [0.29, 0.717) is 18.6 Å². The molecule has 1 aromatic heterocycles. The molecule has 0 aliphatic carbocycles. The van der Waals surface area contributed by atoms with Crippen molar-refractivity contribution in [3.05, 3.63) is 53.7 Å². The molecule has 4 aliphatic rings. The fourth-order valence-electron chi connectivity index (χ4n) is 6.39. The van der Waals surface area contributed by atoms with Crippen molar-refractivity contribution in [2.24, 2.45) is 0 Å². The zero-order valence-corrected chi connectivity index (χ0v) is 21.7. The molecule has 4 aliphatic heterocycles. The third kappa shape index (κ3) is 4.80. The molecule has 2 aromatic rings. The number of piperidine rings is 1. The van der Waals surface area contributed by atoms with E-state index in [2.05, 4.69) is 46.8 Å². The second-order valence-electron chi connectivity index (χ2n) is 10.6. The number of nitrogens with one attached hydrogen (secondary N) is 1. The van der Waals surface area contributed by atoms with Gasteiger partial charge in [-0.1, -0.05) is 12.6 Å². The minimum absolute atomic E-state index is 0.0562. The van der Waals surface area contributed by atoms with E-state index < -0.39 is 0 Å². The highest BCUT2D eigenvalue weighted by Crippen LogP contribution is 2.42. The summed E-state index contributed by atoms with van der Waals surface area (Å²) in [4.78, 5) is 23.6. The zero-order chi connectivity index (χ0) is 25.4. The average Bonchev–Trinajstić information content (AvgIpc) is 3.35. The number of anilines is 3. The highest BCUT2D eigenvalue weighted by atomic mass is 16.5. The predicted molar refractivity (Wildman–Crippen MR) is 145 cm³/mol. The van der Waals surface area contributed by atoms with E-state index >= 15 is 0 Å². The summed E-state index contributed by atoms with van der Waals surface area (Å²) in [5.41, 5.74) is 5.83. The van der Waals surface area contributed by atoms with E-state index in [1.54, 1.807) is 0 Å². The summed E-state index contributed by atoms with van der Waals surface area (Å²) < 4.78 is 11.9. The lowest BCUT2D eigenvalue weighted by Crippen LogP contribution is -2.43. The van der Waals surface area contributed by atoms with Gasteiger partial charge in [0, 0.05) is 44.1 Å². The van der Waals surface area contributed by atoms with Crippen LogP contribution in [-0.4, -0.2) is 79.2 Å². The van der Waals surface area contributed by atoms with Gasteiger partial charge in [-0.25, -0.2) is 4.98 Å². The van der Waals surface area contributed by atoms with Crippen LogP contribution in [0.5, 0.6) is 5.75 Å². The lowest BCUT2D eigenvalue weighted by atomic mass is 9.87. The summed E-state index contributed by atoms with van der Waals surface area (Å²) in [5, 5.41) is 3.63. The van der Waals surface area contributed by atoms with Crippen LogP contribution < -0.4 is 15.0 Å². The second-order valence-corrected chi connectivity index (χ2v) is 10.6. The number of rotatable bonds is 4. The van der Waals surface area contributed by atoms with Gasteiger partial charge in [-0.15, -0.1) is 0 Å². The van der Waals surface area contributed by atoms with E-state index in [0.717, 1.165) is 100 Å². The molecule has 1 atom stereocenters. The molecule has 1 aromatic carbocycles. The molecule has 196 valence electrons. The van der Waals surface area contributed by atoms with E-state index in [9.17, 15) is 4.79 Å². The lowest BCUT2D eigenvalue weighted by molar-refractivity contribution is -0.125. The molecule has 1 amide bonds. The Balaban J connectivity index is 1.16. The number of ether oxygens (including phenoxy) is 2. The first-order valence-electron chi connectivity index (χ1n) is 13.6. The fraction of sp³-hybridized carbons (Fsp3) is 0.517. The third-order valence-electron chi connectivity index (χ3n) is 8.46. The van der Waals surface area contributed by atoms with Gasteiger partial charge < -0.3 is 24.6 Å². The van der Waals surface area contributed by atoms with Crippen LogP contribution in [0.1, 0.15) is 41.9 Å². The number of nitrogens with zero attached hydrogens (tertiary/aromatic N) is 4. The molecule has 37 heavy (non-hydrogen) atoms. The molecule has 0 spiro atoms. The van der Waals surface area contributed by atoms with E-state index in [4.69, 9.17) is 14.5 Å². The first-order chi connectivity index (χ1) is 18.1. The monoisotopic (exact) mass is 503 g/mol. The number of likely N-dealkylation sites (tertiary alicyclic amines) is 2.